The van der Waals surface area contributed by atoms with Crippen molar-refractivity contribution in [2.75, 3.05) is 0 Å². The number of hydrogen-bond acceptors (Lipinski definition) is 1. The zero-order valence-electron chi connectivity index (χ0n) is 7.92. The predicted octanol–water partition coefficient (Wildman–Crippen LogP) is 2.45. The van der Waals surface area contributed by atoms with Crippen LogP contribution in [-0.2, 0) is 4.79 Å². The van der Waals surface area contributed by atoms with E-state index >= 15 is 0 Å². The van der Waals surface area contributed by atoms with Gasteiger partial charge in [0.05, 0.1) is 5.92 Å². The van der Waals surface area contributed by atoms with Gasteiger partial charge in [-0.1, -0.05) is 25.5 Å². The summed E-state index contributed by atoms with van der Waals surface area (Å²) in [5.74, 6) is -0.870. The Labute approximate surface area is 73.3 Å². The first kappa shape index (κ1) is 9.30. The van der Waals surface area contributed by atoms with E-state index in [9.17, 15) is 4.79 Å². The Bertz CT molecular complexity index is 226. The lowest BCUT2D eigenvalue weighted by Gasteiger charge is -2.33. The van der Waals surface area contributed by atoms with Gasteiger partial charge >= 0.3 is 5.97 Å². The second-order valence-electron chi connectivity index (χ2n) is 4.24. The average molecular weight is 168 g/mol. The molecule has 2 heteroatoms. The number of carbonyl (C=O) groups is 1. The molecule has 2 nitrogen and oxygen atoms in total. The van der Waals surface area contributed by atoms with E-state index in [2.05, 4.69) is 13.0 Å². The highest BCUT2D eigenvalue weighted by Gasteiger charge is 2.35. The van der Waals surface area contributed by atoms with Gasteiger partial charge in [0, 0.05) is 0 Å². The summed E-state index contributed by atoms with van der Waals surface area (Å²) < 4.78 is 0. The van der Waals surface area contributed by atoms with Crippen molar-refractivity contribution in [2.24, 2.45) is 11.3 Å². The first-order chi connectivity index (χ1) is 5.43. The van der Waals surface area contributed by atoms with Gasteiger partial charge in [-0.25, -0.2) is 0 Å². The Kier molecular flexibility index (Phi) is 2.27. The lowest BCUT2D eigenvalue weighted by molar-refractivity contribution is -0.145. The standard InChI is InChI=1S/C10H16O2/c1-7-4-5-8(9(11)12)10(2,3)6-7/h6,8H,4-5H2,1-3H3,(H,11,12). The van der Waals surface area contributed by atoms with Crippen LogP contribution in [0.5, 0.6) is 0 Å². The molecule has 1 unspecified atom stereocenters. The molecule has 0 saturated carbocycles. The van der Waals surface area contributed by atoms with Crippen LogP contribution in [0.15, 0.2) is 11.6 Å². The van der Waals surface area contributed by atoms with Crippen LogP contribution in [0.2, 0.25) is 0 Å². The second-order valence-corrected chi connectivity index (χ2v) is 4.24. The van der Waals surface area contributed by atoms with E-state index in [1.54, 1.807) is 0 Å². The van der Waals surface area contributed by atoms with Crippen molar-refractivity contribution in [3.8, 4) is 0 Å². The summed E-state index contributed by atoms with van der Waals surface area (Å²) in [7, 11) is 0. The van der Waals surface area contributed by atoms with Crippen molar-refractivity contribution in [3.63, 3.8) is 0 Å². The SMILES string of the molecule is CC1=CC(C)(C)C(C(=O)O)CC1. The van der Waals surface area contributed by atoms with Gasteiger partial charge in [0.25, 0.3) is 0 Å². The number of carboxylic acid groups (broad SMARTS) is 1. The highest BCUT2D eigenvalue weighted by atomic mass is 16.4. The van der Waals surface area contributed by atoms with Crippen molar-refractivity contribution in [3.05, 3.63) is 11.6 Å². The minimum Gasteiger partial charge on any atom is -0.481 e. The van der Waals surface area contributed by atoms with E-state index in [4.69, 9.17) is 5.11 Å². The summed E-state index contributed by atoms with van der Waals surface area (Å²) in [6, 6.07) is 0. The molecular weight excluding hydrogens is 152 g/mol. The number of aliphatic carboxylic acids is 1. The predicted molar refractivity (Wildman–Crippen MR) is 47.9 cm³/mol. The fourth-order valence-electron chi connectivity index (χ4n) is 1.99. The molecule has 1 atom stereocenters. The third kappa shape index (κ3) is 1.68. The van der Waals surface area contributed by atoms with Gasteiger partial charge in [-0.3, -0.25) is 4.79 Å². The van der Waals surface area contributed by atoms with Crippen LogP contribution in [0, 0.1) is 11.3 Å². The highest BCUT2D eigenvalue weighted by molar-refractivity contribution is 5.71. The minimum atomic E-state index is -0.663. The fourth-order valence-corrected chi connectivity index (χ4v) is 1.99. The fraction of sp³-hybridized carbons (Fsp3) is 0.700. The Balaban J connectivity index is 2.89. The van der Waals surface area contributed by atoms with E-state index < -0.39 is 5.97 Å². The maximum absolute atomic E-state index is 10.8. The molecule has 0 fully saturated rings. The normalized spacial score (nSPS) is 27.9. The molecule has 1 rings (SSSR count). The smallest absolute Gasteiger partial charge is 0.307 e. The Morgan fingerprint density at radius 3 is 2.67 bits per heavy atom. The van der Waals surface area contributed by atoms with Crippen LogP contribution in [0.25, 0.3) is 0 Å². The lowest BCUT2D eigenvalue weighted by atomic mass is 9.71. The number of carboxylic acids is 1. The zero-order valence-corrected chi connectivity index (χ0v) is 7.92. The molecule has 68 valence electrons. The van der Waals surface area contributed by atoms with E-state index in [0.717, 1.165) is 12.8 Å². The Hall–Kier alpha value is -0.790. The van der Waals surface area contributed by atoms with Crippen LogP contribution in [0.1, 0.15) is 33.6 Å². The molecule has 0 radical (unpaired) electrons. The molecule has 0 spiro atoms. The van der Waals surface area contributed by atoms with E-state index in [1.165, 1.54) is 5.57 Å². The average Bonchev–Trinajstić information content (AvgIpc) is 1.82. The molecule has 1 aliphatic carbocycles. The number of allylic oxidation sites excluding steroid dienone is 2. The van der Waals surface area contributed by atoms with Gasteiger partial charge in [-0.05, 0) is 25.2 Å². The summed E-state index contributed by atoms with van der Waals surface area (Å²) >= 11 is 0. The molecule has 1 aliphatic rings. The van der Waals surface area contributed by atoms with E-state index in [0.29, 0.717) is 0 Å². The molecule has 0 aromatic rings. The Morgan fingerprint density at radius 1 is 1.67 bits per heavy atom. The van der Waals surface area contributed by atoms with E-state index in [-0.39, 0.29) is 11.3 Å². The van der Waals surface area contributed by atoms with Crippen molar-refractivity contribution in [2.45, 2.75) is 33.6 Å². The van der Waals surface area contributed by atoms with Crippen LogP contribution >= 0.6 is 0 Å². The van der Waals surface area contributed by atoms with Gasteiger partial charge < -0.3 is 5.11 Å². The molecule has 0 aromatic carbocycles. The van der Waals surface area contributed by atoms with Crippen molar-refractivity contribution in [1.29, 1.82) is 0 Å². The van der Waals surface area contributed by atoms with Crippen LogP contribution in [-0.4, -0.2) is 11.1 Å². The number of hydrogen-bond donors (Lipinski definition) is 1. The molecule has 1 N–H and O–H groups in total. The zero-order chi connectivity index (χ0) is 9.35. The Morgan fingerprint density at radius 2 is 2.25 bits per heavy atom. The monoisotopic (exact) mass is 168 g/mol. The van der Waals surface area contributed by atoms with Crippen LogP contribution < -0.4 is 0 Å². The maximum atomic E-state index is 10.8. The van der Waals surface area contributed by atoms with Gasteiger partial charge in [0.1, 0.15) is 0 Å². The highest BCUT2D eigenvalue weighted by Crippen LogP contribution is 2.38. The quantitative estimate of drug-likeness (QED) is 0.610. The first-order valence-corrected chi connectivity index (χ1v) is 4.34. The first-order valence-electron chi connectivity index (χ1n) is 4.34. The van der Waals surface area contributed by atoms with Gasteiger partial charge in [0.15, 0.2) is 0 Å². The summed E-state index contributed by atoms with van der Waals surface area (Å²) in [6.07, 6.45) is 3.81. The summed E-state index contributed by atoms with van der Waals surface area (Å²) in [5, 5.41) is 8.93. The molecule has 0 saturated heterocycles. The van der Waals surface area contributed by atoms with Crippen molar-refractivity contribution < 1.29 is 9.90 Å². The number of rotatable bonds is 1. The van der Waals surface area contributed by atoms with Crippen molar-refractivity contribution in [1.82, 2.24) is 0 Å². The van der Waals surface area contributed by atoms with Gasteiger partial charge in [-0.15, -0.1) is 0 Å². The van der Waals surface area contributed by atoms with Crippen LogP contribution in [0.3, 0.4) is 0 Å². The van der Waals surface area contributed by atoms with E-state index in [1.807, 2.05) is 13.8 Å². The summed E-state index contributed by atoms with van der Waals surface area (Å²) in [6.45, 7) is 6.06. The summed E-state index contributed by atoms with van der Waals surface area (Å²) in [5.41, 5.74) is 1.14. The van der Waals surface area contributed by atoms with Gasteiger partial charge in [0.2, 0.25) is 0 Å². The lowest BCUT2D eigenvalue weighted by Crippen LogP contribution is -2.32. The van der Waals surface area contributed by atoms with Crippen LogP contribution in [0.4, 0.5) is 0 Å². The molecule has 0 bridgehead atoms. The largest absolute Gasteiger partial charge is 0.481 e. The molecule has 0 aliphatic heterocycles. The van der Waals surface area contributed by atoms with Gasteiger partial charge in [-0.2, -0.15) is 0 Å². The molecule has 0 aromatic heterocycles. The molecule has 12 heavy (non-hydrogen) atoms. The topological polar surface area (TPSA) is 37.3 Å². The minimum absolute atomic E-state index is 0.172. The maximum Gasteiger partial charge on any atom is 0.307 e. The molecule has 0 amide bonds. The third-order valence-electron chi connectivity index (χ3n) is 2.64. The second kappa shape index (κ2) is 2.92. The molecular formula is C10H16O2. The molecule has 0 heterocycles. The van der Waals surface area contributed by atoms with Crippen molar-refractivity contribution >= 4 is 5.97 Å². The third-order valence-corrected chi connectivity index (χ3v) is 2.64. The summed E-state index contributed by atoms with van der Waals surface area (Å²) in [4.78, 5) is 10.8.